The van der Waals surface area contributed by atoms with Crippen LogP contribution in [0.3, 0.4) is 0 Å². The van der Waals surface area contributed by atoms with Crippen LogP contribution in [-0.4, -0.2) is 23.1 Å². The highest BCUT2D eigenvalue weighted by Crippen LogP contribution is 2.22. The highest BCUT2D eigenvalue weighted by molar-refractivity contribution is 7.85. The second kappa shape index (κ2) is 6.67. The van der Waals surface area contributed by atoms with Gasteiger partial charge in [0.25, 0.3) is 0 Å². The molecule has 0 aliphatic rings. The first kappa shape index (κ1) is 16.4. The van der Waals surface area contributed by atoms with Crippen molar-refractivity contribution in [1.29, 1.82) is 0 Å². The summed E-state index contributed by atoms with van der Waals surface area (Å²) in [6.45, 7) is 10.9. The summed E-state index contributed by atoms with van der Waals surface area (Å²) in [4.78, 5) is 0.925. The number of hydrogen-bond acceptors (Lipinski definition) is 2. The third-order valence-electron chi connectivity index (χ3n) is 3.52. The molecule has 2 unspecified atom stereocenters. The van der Waals surface area contributed by atoms with Crippen LogP contribution in [0.25, 0.3) is 0 Å². The first-order valence-corrected chi connectivity index (χ1v) is 8.23. The van der Waals surface area contributed by atoms with Gasteiger partial charge in [0, 0.05) is 16.7 Å². The second-order valence-corrected chi connectivity index (χ2v) is 7.94. The van der Waals surface area contributed by atoms with Gasteiger partial charge < -0.3 is 5.32 Å². The molecule has 0 saturated heterocycles. The van der Waals surface area contributed by atoms with E-state index in [-0.39, 0.29) is 11.5 Å². The van der Waals surface area contributed by atoms with Gasteiger partial charge in [-0.15, -0.1) is 0 Å². The van der Waals surface area contributed by atoms with Gasteiger partial charge in [0.15, 0.2) is 0 Å². The summed E-state index contributed by atoms with van der Waals surface area (Å²) in [6, 6.07) is 8.42. The van der Waals surface area contributed by atoms with E-state index < -0.39 is 10.8 Å². The van der Waals surface area contributed by atoms with E-state index in [1.165, 1.54) is 5.56 Å². The van der Waals surface area contributed by atoms with Crippen molar-refractivity contribution in [2.75, 3.05) is 12.8 Å². The first-order valence-electron chi connectivity index (χ1n) is 6.91. The Morgan fingerprint density at radius 2 is 1.68 bits per heavy atom. The predicted octanol–water partition coefficient (Wildman–Crippen LogP) is 3.55. The molecular weight excluding hydrogens is 254 g/mol. The van der Waals surface area contributed by atoms with Crippen molar-refractivity contribution >= 4 is 10.8 Å². The van der Waals surface area contributed by atoms with E-state index in [1.54, 1.807) is 0 Å². The average Bonchev–Trinajstić information content (AvgIpc) is 2.34. The summed E-state index contributed by atoms with van der Waals surface area (Å²) in [6.07, 6.45) is 0. The summed E-state index contributed by atoms with van der Waals surface area (Å²) in [5.74, 6) is 1.17. The average molecular weight is 281 g/mol. The highest BCUT2D eigenvalue weighted by atomic mass is 32.2. The van der Waals surface area contributed by atoms with Crippen molar-refractivity contribution in [2.45, 2.75) is 51.5 Å². The molecule has 19 heavy (non-hydrogen) atoms. The molecule has 0 saturated carbocycles. The number of nitrogens with one attached hydrogen (secondary N) is 1. The molecule has 0 aliphatic heterocycles. The Balaban J connectivity index is 2.78. The second-order valence-electron chi connectivity index (χ2n) is 6.44. The van der Waals surface area contributed by atoms with E-state index in [0.717, 1.165) is 4.90 Å². The van der Waals surface area contributed by atoms with Crippen LogP contribution in [0.4, 0.5) is 0 Å². The molecule has 1 N–H and O–H groups in total. The SMILES string of the molecule is CNC(CS(=O)c1ccc(C(C)C)cc1)C(C)(C)C. The van der Waals surface area contributed by atoms with Crippen molar-refractivity contribution in [3.05, 3.63) is 29.8 Å². The fourth-order valence-electron chi connectivity index (χ4n) is 2.02. The molecule has 108 valence electrons. The molecule has 1 rings (SSSR count). The van der Waals surface area contributed by atoms with Gasteiger partial charge in [0.05, 0.1) is 10.8 Å². The Hall–Kier alpha value is -0.670. The molecule has 0 bridgehead atoms. The minimum absolute atomic E-state index is 0.113. The summed E-state index contributed by atoms with van der Waals surface area (Å²) in [5.41, 5.74) is 1.41. The Bertz CT molecular complexity index is 417. The number of benzene rings is 1. The zero-order valence-corrected chi connectivity index (χ0v) is 13.8. The summed E-state index contributed by atoms with van der Waals surface area (Å²) < 4.78 is 12.4. The molecule has 0 aromatic heterocycles. The van der Waals surface area contributed by atoms with Gasteiger partial charge in [-0.05, 0) is 36.1 Å². The van der Waals surface area contributed by atoms with Crippen LogP contribution >= 0.6 is 0 Å². The van der Waals surface area contributed by atoms with Crippen molar-refractivity contribution < 1.29 is 4.21 Å². The molecule has 0 radical (unpaired) electrons. The highest BCUT2D eigenvalue weighted by Gasteiger charge is 2.25. The van der Waals surface area contributed by atoms with Crippen LogP contribution in [0, 0.1) is 5.41 Å². The zero-order valence-electron chi connectivity index (χ0n) is 13.0. The predicted molar refractivity (Wildman–Crippen MR) is 84.1 cm³/mol. The molecule has 1 aromatic rings. The van der Waals surface area contributed by atoms with Crippen LogP contribution in [0.2, 0.25) is 0 Å². The van der Waals surface area contributed by atoms with Crippen molar-refractivity contribution in [2.24, 2.45) is 5.41 Å². The van der Waals surface area contributed by atoms with Crippen LogP contribution in [0.15, 0.2) is 29.2 Å². The van der Waals surface area contributed by atoms with Gasteiger partial charge >= 0.3 is 0 Å². The van der Waals surface area contributed by atoms with E-state index in [4.69, 9.17) is 0 Å². The molecule has 0 heterocycles. The van der Waals surface area contributed by atoms with Crippen LogP contribution in [0.1, 0.15) is 46.1 Å². The summed E-state index contributed by atoms with van der Waals surface area (Å²) in [7, 11) is 0.996. The van der Waals surface area contributed by atoms with Gasteiger partial charge in [-0.3, -0.25) is 4.21 Å². The smallest absolute Gasteiger partial charge is 0.0545 e. The molecule has 1 aromatic carbocycles. The van der Waals surface area contributed by atoms with Crippen LogP contribution < -0.4 is 5.32 Å². The third-order valence-corrected chi connectivity index (χ3v) is 4.96. The van der Waals surface area contributed by atoms with E-state index in [2.05, 4.69) is 52.1 Å². The van der Waals surface area contributed by atoms with Crippen LogP contribution in [0.5, 0.6) is 0 Å². The van der Waals surface area contributed by atoms with E-state index in [1.807, 2.05) is 19.2 Å². The molecule has 0 amide bonds. The minimum Gasteiger partial charge on any atom is -0.316 e. The van der Waals surface area contributed by atoms with Crippen molar-refractivity contribution in [3.63, 3.8) is 0 Å². The molecule has 0 spiro atoms. The summed E-state index contributed by atoms with van der Waals surface area (Å²) >= 11 is 0. The Morgan fingerprint density at radius 3 is 2.05 bits per heavy atom. The fourth-order valence-corrected chi connectivity index (χ4v) is 3.62. The van der Waals surface area contributed by atoms with Crippen LogP contribution in [-0.2, 0) is 10.8 Å². The maximum absolute atomic E-state index is 12.4. The lowest BCUT2D eigenvalue weighted by atomic mass is 9.88. The topological polar surface area (TPSA) is 29.1 Å². The fraction of sp³-hybridized carbons (Fsp3) is 0.625. The van der Waals surface area contributed by atoms with E-state index in [9.17, 15) is 4.21 Å². The minimum atomic E-state index is -0.944. The van der Waals surface area contributed by atoms with Gasteiger partial charge in [-0.1, -0.05) is 46.8 Å². The molecule has 0 fully saturated rings. The van der Waals surface area contributed by atoms with Crippen molar-refractivity contribution in [1.82, 2.24) is 5.32 Å². The summed E-state index contributed by atoms with van der Waals surface area (Å²) in [5, 5.41) is 3.28. The maximum Gasteiger partial charge on any atom is 0.0545 e. The number of hydrogen-bond donors (Lipinski definition) is 1. The lowest BCUT2D eigenvalue weighted by Gasteiger charge is -2.30. The molecule has 2 nitrogen and oxygen atoms in total. The Morgan fingerprint density at radius 1 is 1.16 bits per heavy atom. The Kier molecular flexibility index (Phi) is 5.75. The molecule has 3 heteroatoms. The van der Waals surface area contributed by atoms with Gasteiger partial charge in [-0.2, -0.15) is 0 Å². The normalized spacial score (nSPS) is 15.5. The first-order chi connectivity index (χ1) is 8.75. The standard InChI is InChI=1S/C16H27NOS/c1-12(2)13-7-9-14(10-8-13)19(18)11-15(17-6)16(3,4)5/h7-10,12,15,17H,11H2,1-6H3. The number of rotatable bonds is 5. The quantitative estimate of drug-likeness (QED) is 0.894. The molecular formula is C16H27NOS. The Labute approximate surface area is 120 Å². The van der Waals surface area contributed by atoms with Gasteiger partial charge in [-0.25, -0.2) is 0 Å². The third kappa shape index (κ3) is 4.73. The maximum atomic E-state index is 12.4. The molecule has 0 aliphatic carbocycles. The van der Waals surface area contributed by atoms with E-state index >= 15 is 0 Å². The van der Waals surface area contributed by atoms with E-state index in [0.29, 0.717) is 11.7 Å². The largest absolute Gasteiger partial charge is 0.316 e. The van der Waals surface area contributed by atoms with Crippen molar-refractivity contribution in [3.8, 4) is 0 Å². The zero-order chi connectivity index (χ0) is 14.6. The lowest BCUT2D eigenvalue weighted by Crippen LogP contribution is -2.42. The monoisotopic (exact) mass is 281 g/mol. The molecule has 2 atom stereocenters. The lowest BCUT2D eigenvalue weighted by molar-refractivity contribution is 0.304. The van der Waals surface area contributed by atoms with Gasteiger partial charge in [0.2, 0.25) is 0 Å². The van der Waals surface area contributed by atoms with Gasteiger partial charge in [0.1, 0.15) is 0 Å².